The average molecular weight is 915 g/mol. The van der Waals surface area contributed by atoms with Crippen molar-refractivity contribution in [3.8, 4) is 33.8 Å². The van der Waals surface area contributed by atoms with Gasteiger partial charge in [0.25, 0.3) is 0 Å². The summed E-state index contributed by atoms with van der Waals surface area (Å²) < 4.78 is 21.1. The Morgan fingerprint density at radius 1 is 0.745 bits per heavy atom. The topological polar surface area (TPSA) is 51.8 Å². The summed E-state index contributed by atoms with van der Waals surface area (Å²) in [5.74, 6) is 8.10. The van der Waals surface area contributed by atoms with Crippen LogP contribution in [0.3, 0.4) is 0 Å². The van der Waals surface area contributed by atoms with Crippen molar-refractivity contribution in [1.29, 1.82) is 0 Å². The summed E-state index contributed by atoms with van der Waals surface area (Å²) in [6.07, 6.45) is 5.95. The van der Waals surface area contributed by atoms with Crippen LogP contribution in [-0.2, 0) is 32.9 Å². The van der Waals surface area contributed by atoms with E-state index in [4.69, 9.17) is 9.40 Å². The molecule has 4 heterocycles. The number of pyridine rings is 3. The van der Waals surface area contributed by atoms with E-state index in [2.05, 4.69) is 103 Å². The maximum atomic E-state index is 13.4. The van der Waals surface area contributed by atoms with Crippen molar-refractivity contribution in [1.82, 2.24) is 15.0 Å². The summed E-state index contributed by atoms with van der Waals surface area (Å²) in [7, 11) is 0. The molecule has 0 saturated carbocycles. The molecule has 0 saturated heterocycles. The second kappa shape index (κ2) is 16.6. The van der Waals surface area contributed by atoms with Crippen molar-refractivity contribution in [2.24, 2.45) is 11.8 Å². The van der Waals surface area contributed by atoms with E-state index in [1.54, 1.807) is 6.07 Å². The Kier molecular flexibility index (Phi) is 12.4. The molecule has 0 spiro atoms. The van der Waals surface area contributed by atoms with Crippen LogP contribution < -0.4 is 4.40 Å². The van der Waals surface area contributed by atoms with Gasteiger partial charge >= 0.3 is 130 Å². The minimum Gasteiger partial charge on any atom is -0.486 e. The molecular weight excluding hydrogens is 870 g/mol. The van der Waals surface area contributed by atoms with Gasteiger partial charge in [-0.25, -0.2) is 4.98 Å². The molecule has 0 unspecified atom stereocenters. The fraction of sp³-hybridized carbons (Fsp3) is 0.250. The number of aromatic nitrogens is 3. The molecule has 7 rings (SSSR count). The molecule has 0 atom stereocenters. The van der Waals surface area contributed by atoms with E-state index in [1.165, 1.54) is 27.7 Å². The van der Waals surface area contributed by atoms with Crippen LogP contribution in [0.2, 0.25) is 17.3 Å². The van der Waals surface area contributed by atoms with Gasteiger partial charge in [-0.15, -0.1) is 18.2 Å². The maximum Gasteiger partial charge on any atom is 0.216 e. The van der Waals surface area contributed by atoms with Crippen LogP contribution in [0, 0.1) is 29.8 Å². The van der Waals surface area contributed by atoms with Gasteiger partial charge in [-0.1, -0.05) is 66.8 Å². The summed E-state index contributed by atoms with van der Waals surface area (Å²) in [4.78, 5) is 13.9. The average Bonchev–Trinajstić information content (AvgIpc) is 3.46. The normalized spacial score (nSPS) is 11.5. The van der Waals surface area contributed by atoms with Gasteiger partial charge in [-0.05, 0) is 36.2 Å². The molecule has 51 heavy (non-hydrogen) atoms. The number of furan rings is 1. The first-order valence-electron chi connectivity index (χ1n) is 17.4. The molecule has 1 radical (unpaired) electrons. The van der Waals surface area contributed by atoms with Crippen molar-refractivity contribution in [3.05, 3.63) is 132 Å². The van der Waals surface area contributed by atoms with Gasteiger partial charge < -0.3 is 9.40 Å². The van der Waals surface area contributed by atoms with Gasteiger partial charge in [-0.3, -0.25) is 0 Å². The summed E-state index contributed by atoms with van der Waals surface area (Å²) in [5, 5.41) is 2.05. The van der Waals surface area contributed by atoms with Crippen molar-refractivity contribution >= 4 is 39.7 Å². The first kappa shape index (κ1) is 38.3. The zero-order valence-corrected chi connectivity index (χ0v) is 34.8. The van der Waals surface area contributed by atoms with Gasteiger partial charge in [0.15, 0.2) is 0 Å². The number of benzene rings is 3. The predicted octanol–water partition coefficient (Wildman–Crippen LogP) is 11.1. The van der Waals surface area contributed by atoms with Crippen molar-refractivity contribution in [2.75, 3.05) is 0 Å². The molecule has 7 aromatic rings. The molecule has 4 aromatic heterocycles. The summed E-state index contributed by atoms with van der Waals surface area (Å²) in [6.45, 7) is 8.91. The van der Waals surface area contributed by atoms with E-state index in [9.17, 15) is 4.39 Å². The van der Waals surface area contributed by atoms with Crippen molar-refractivity contribution in [3.63, 3.8) is 0 Å². The van der Waals surface area contributed by atoms with Gasteiger partial charge in [-0.2, -0.15) is 0 Å². The van der Waals surface area contributed by atoms with E-state index in [-0.39, 0.29) is 25.9 Å². The van der Waals surface area contributed by atoms with Crippen LogP contribution in [0.4, 0.5) is 4.39 Å². The number of fused-ring (bicyclic) bond motifs is 3. The van der Waals surface area contributed by atoms with Crippen LogP contribution in [-0.4, -0.2) is 28.2 Å². The van der Waals surface area contributed by atoms with E-state index < -0.39 is 13.3 Å². The maximum absolute atomic E-state index is 13.4. The van der Waals surface area contributed by atoms with Gasteiger partial charge in [0, 0.05) is 37.3 Å². The number of nitrogens with zero attached hydrogens (tertiary/aromatic N) is 3. The van der Waals surface area contributed by atoms with E-state index in [0.717, 1.165) is 63.0 Å². The Balaban J connectivity index is 0.000000205. The first-order chi connectivity index (χ1) is 24.0. The Morgan fingerprint density at radius 3 is 2.20 bits per heavy atom. The molecule has 0 N–H and O–H groups in total. The smallest absolute Gasteiger partial charge is 0.216 e. The van der Waals surface area contributed by atoms with Crippen molar-refractivity contribution in [2.45, 2.75) is 57.8 Å². The summed E-state index contributed by atoms with van der Waals surface area (Å²) in [5.41, 5.74) is 9.37. The second-order valence-corrected chi connectivity index (χ2v) is 25.3. The third-order valence-corrected chi connectivity index (χ3v) is 12.9. The molecule has 0 aliphatic rings. The molecule has 4 nitrogen and oxygen atoms in total. The molecule has 0 amide bonds. The molecule has 0 aliphatic carbocycles. The largest absolute Gasteiger partial charge is 0.486 e. The minimum atomic E-state index is -1.95. The van der Waals surface area contributed by atoms with E-state index in [0.29, 0.717) is 17.5 Å². The minimum absolute atomic E-state index is 0. The molecule has 7 heteroatoms. The Bertz CT molecular complexity index is 2240. The summed E-state index contributed by atoms with van der Waals surface area (Å²) >= 11 is -1.95. The van der Waals surface area contributed by atoms with E-state index >= 15 is 0 Å². The van der Waals surface area contributed by atoms with Crippen LogP contribution in [0.1, 0.15) is 38.8 Å². The van der Waals surface area contributed by atoms with Gasteiger partial charge in [0.2, 0.25) is 5.71 Å². The van der Waals surface area contributed by atoms with Crippen LogP contribution in [0.5, 0.6) is 0 Å². The molecule has 263 valence electrons. The molecular formula is C44H44FGeIrN3O-2. The molecule has 0 aliphatic heterocycles. The number of halogens is 1. The van der Waals surface area contributed by atoms with Crippen LogP contribution in [0.15, 0.2) is 108 Å². The number of rotatable bonds is 8. The second-order valence-electron chi connectivity index (χ2n) is 14.8. The Hall–Kier alpha value is -3.97. The SMILES string of the molecule is CC(C)Cc1cc(-c2[c-]ccc(F)c2)nc[c]1[Ge]([CH3])([CH3])[CH3].CC(C)Cc1ccnc(-c2[c-]ccc3c2oc2nc(-c4ccccc4)ccc23)c1.[Ir]. The van der Waals surface area contributed by atoms with Crippen molar-refractivity contribution < 1.29 is 28.9 Å². The number of hydrogen-bond donors (Lipinski definition) is 0. The number of hydrogen-bond acceptors (Lipinski definition) is 4. The Morgan fingerprint density at radius 2 is 1.49 bits per heavy atom. The van der Waals surface area contributed by atoms with Crippen LogP contribution in [0.25, 0.3) is 55.8 Å². The Labute approximate surface area is 317 Å². The third kappa shape index (κ3) is 9.29. The van der Waals surface area contributed by atoms with Gasteiger partial charge in [0.1, 0.15) is 0 Å². The van der Waals surface area contributed by atoms with Gasteiger partial charge in [0.05, 0.1) is 11.3 Å². The zero-order chi connectivity index (χ0) is 35.4. The first-order valence-corrected chi connectivity index (χ1v) is 24.7. The molecule has 0 bridgehead atoms. The third-order valence-electron chi connectivity index (χ3n) is 8.56. The molecule has 3 aromatic carbocycles. The zero-order valence-electron chi connectivity index (χ0n) is 30.3. The standard InChI is InChI=1S/C26H21N2O.C18H23FGeN.Ir/c1-17(2)15-18-13-14-27-24(16-18)22-10-6-9-20-21-11-12-23(19-7-4-3-5-8-19)28-26(21)29-25(20)22;1-13(2)9-15-11-18(14-7-6-8-16(19)10-14)21-12-17(15)20(3,4)5;/h3-9,11-14,16-17H,15H2,1-2H3;6,8,10-13H,9H2,1-5H3;/q2*-1;. The monoisotopic (exact) mass is 916 g/mol. The van der Waals surface area contributed by atoms with Crippen LogP contribution >= 0.6 is 0 Å². The van der Waals surface area contributed by atoms with E-state index in [1.807, 2.05) is 48.8 Å². The fourth-order valence-electron chi connectivity index (χ4n) is 6.31. The predicted molar refractivity (Wildman–Crippen MR) is 208 cm³/mol. The fourth-order valence-corrected chi connectivity index (χ4v) is 9.64. The summed E-state index contributed by atoms with van der Waals surface area (Å²) in [6, 6.07) is 35.5. The quantitative estimate of drug-likeness (QED) is 0.113. The molecule has 0 fully saturated rings.